The molecular formula is C14H21NO2S. The van der Waals surface area contributed by atoms with Crippen LogP contribution in [0.4, 0.5) is 0 Å². The maximum atomic E-state index is 11.8. The number of hydrogen-bond donors (Lipinski definition) is 1. The lowest BCUT2D eigenvalue weighted by Crippen LogP contribution is -2.33. The van der Waals surface area contributed by atoms with Crippen LogP contribution in [0.1, 0.15) is 20.8 Å². The topological polar surface area (TPSA) is 38.3 Å². The van der Waals surface area contributed by atoms with Gasteiger partial charge in [-0.2, -0.15) is 0 Å². The fourth-order valence-corrected chi connectivity index (χ4v) is 2.32. The summed E-state index contributed by atoms with van der Waals surface area (Å²) < 4.78 is 5.16. The monoisotopic (exact) mass is 267 g/mol. The third kappa shape index (κ3) is 5.00. The Bertz CT molecular complexity index is 393. The highest BCUT2D eigenvalue weighted by Gasteiger charge is 2.14. The zero-order valence-electron chi connectivity index (χ0n) is 11.4. The van der Waals surface area contributed by atoms with Crippen molar-refractivity contribution in [2.24, 2.45) is 5.92 Å². The number of rotatable bonds is 6. The predicted molar refractivity (Wildman–Crippen MR) is 76.2 cm³/mol. The largest absolute Gasteiger partial charge is 0.497 e. The number of thioether (sulfide) groups is 1. The van der Waals surface area contributed by atoms with E-state index in [1.165, 1.54) is 0 Å². The Hall–Kier alpha value is -1.16. The molecule has 0 aliphatic heterocycles. The van der Waals surface area contributed by atoms with Crippen LogP contribution in [0, 0.1) is 5.92 Å². The van der Waals surface area contributed by atoms with Gasteiger partial charge in [0.1, 0.15) is 5.75 Å². The molecule has 1 rings (SSSR count). The first-order chi connectivity index (χ1) is 8.52. The molecule has 1 N–H and O–H groups in total. The van der Waals surface area contributed by atoms with Gasteiger partial charge >= 0.3 is 0 Å². The summed E-state index contributed by atoms with van der Waals surface area (Å²) in [5.74, 6) is 1.37. The summed E-state index contributed by atoms with van der Waals surface area (Å²) in [6, 6.07) is 7.75. The molecule has 1 aromatic rings. The average molecular weight is 267 g/mol. The van der Waals surface area contributed by atoms with Gasteiger partial charge in [-0.3, -0.25) is 4.79 Å². The van der Waals surface area contributed by atoms with Crippen LogP contribution in [0.3, 0.4) is 0 Å². The van der Waals surface area contributed by atoms with Crippen molar-refractivity contribution in [1.29, 1.82) is 0 Å². The molecular weight excluding hydrogens is 246 g/mol. The molecule has 0 aliphatic rings. The van der Waals surface area contributed by atoms with Gasteiger partial charge in [-0.05, 0) is 31.0 Å². The lowest BCUT2D eigenvalue weighted by molar-refractivity contribution is -0.120. The molecule has 0 aromatic heterocycles. The second kappa shape index (κ2) is 7.31. The number of hydrogen-bond acceptors (Lipinski definition) is 3. The van der Waals surface area contributed by atoms with Gasteiger partial charge in [0.25, 0.3) is 0 Å². The summed E-state index contributed by atoms with van der Waals surface area (Å²) in [7, 11) is 1.64. The Morgan fingerprint density at radius 2 is 2.11 bits per heavy atom. The van der Waals surface area contributed by atoms with Crippen LogP contribution in [0.15, 0.2) is 29.2 Å². The van der Waals surface area contributed by atoms with Crippen LogP contribution in [-0.2, 0) is 4.79 Å². The molecule has 3 nitrogen and oxygen atoms in total. The van der Waals surface area contributed by atoms with Crippen LogP contribution in [0.5, 0.6) is 5.75 Å². The molecule has 4 heteroatoms. The summed E-state index contributed by atoms with van der Waals surface area (Å²) in [5.41, 5.74) is 0. The maximum Gasteiger partial charge on any atom is 0.233 e. The van der Waals surface area contributed by atoms with Gasteiger partial charge in [-0.15, -0.1) is 11.8 Å². The van der Waals surface area contributed by atoms with Gasteiger partial charge in [-0.25, -0.2) is 0 Å². The smallest absolute Gasteiger partial charge is 0.233 e. The highest BCUT2D eigenvalue weighted by atomic mass is 32.2. The van der Waals surface area contributed by atoms with Crippen LogP contribution in [0.2, 0.25) is 0 Å². The minimum absolute atomic E-state index is 0.0801. The van der Waals surface area contributed by atoms with Crippen molar-refractivity contribution in [2.45, 2.75) is 30.9 Å². The molecule has 0 heterocycles. The number of amides is 1. The van der Waals surface area contributed by atoms with Crippen molar-refractivity contribution in [1.82, 2.24) is 5.32 Å². The van der Waals surface area contributed by atoms with Crippen LogP contribution >= 0.6 is 11.8 Å². The number of nitrogens with one attached hydrogen (secondary N) is 1. The van der Waals surface area contributed by atoms with Gasteiger partial charge in [0.05, 0.1) is 12.4 Å². The molecule has 100 valence electrons. The molecule has 1 aromatic carbocycles. The lowest BCUT2D eigenvalue weighted by atomic mass is 10.2. The van der Waals surface area contributed by atoms with E-state index in [1.807, 2.05) is 31.2 Å². The van der Waals surface area contributed by atoms with E-state index < -0.39 is 0 Å². The van der Waals surface area contributed by atoms with Crippen molar-refractivity contribution < 1.29 is 9.53 Å². The maximum absolute atomic E-state index is 11.8. The van der Waals surface area contributed by atoms with Crippen LogP contribution in [0.25, 0.3) is 0 Å². The van der Waals surface area contributed by atoms with Gasteiger partial charge < -0.3 is 10.1 Å². The third-order valence-electron chi connectivity index (χ3n) is 2.41. The number of benzene rings is 1. The van der Waals surface area contributed by atoms with Gasteiger partial charge in [0.2, 0.25) is 5.91 Å². The molecule has 1 atom stereocenters. The number of ether oxygens (including phenoxy) is 1. The van der Waals surface area contributed by atoms with E-state index in [9.17, 15) is 4.79 Å². The van der Waals surface area contributed by atoms with Crippen molar-refractivity contribution in [3.63, 3.8) is 0 Å². The molecule has 0 aliphatic carbocycles. The first-order valence-corrected chi connectivity index (χ1v) is 6.99. The van der Waals surface area contributed by atoms with E-state index in [0.717, 1.165) is 17.2 Å². The standard InChI is InChI=1S/C14H21NO2S/c1-10(2)9-15-14(16)11(3)18-13-7-5-6-12(8-13)17-4/h5-8,10-11H,9H2,1-4H3,(H,15,16). The number of methoxy groups -OCH3 is 1. The van der Waals surface area contributed by atoms with Crippen molar-refractivity contribution in [2.75, 3.05) is 13.7 Å². The first-order valence-electron chi connectivity index (χ1n) is 6.11. The quantitative estimate of drug-likeness (QED) is 0.805. The third-order valence-corrected chi connectivity index (χ3v) is 3.50. The summed E-state index contributed by atoms with van der Waals surface area (Å²) in [6.07, 6.45) is 0. The Balaban J connectivity index is 2.52. The molecule has 0 radical (unpaired) electrons. The Labute approximate surface area is 113 Å². The summed E-state index contributed by atoms with van der Waals surface area (Å²) >= 11 is 1.54. The molecule has 0 saturated carbocycles. The summed E-state index contributed by atoms with van der Waals surface area (Å²) in [5, 5.41) is 2.84. The zero-order valence-corrected chi connectivity index (χ0v) is 12.2. The first kappa shape index (κ1) is 14.9. The summed E-state index contributed by atoms with van der Waals surface area (Å²) in [6.45, 7) is 6.81. The second-order valence-corrected chi connectivity index (χ2v) is 5.99. The van der Waals surface area contributed by atoms with Crippen molar-refractivity contribution >= 4 is 17.7 Å². The van der Waals surface area contributed by atoms with Crippen LogP contribution in [-0.4, -0.2) is 24.8 Å². The highest BCUT2D eigenvalue weighted by molar-refractivity contribution is 8.00. The number of carbonyl (C=O) groups excluding carboxylic acids is 1. The normalized spacial score (nSPS) is 12.3. The molecule has 18 heavy (non-hydrogen) atoms. The minimum atomic E-state index is -0.101. The fourth-order valence-electron chi connectivity index (χ4n) is 1.38. The minimum Gasteiger partial charge on any atom is -0.497 e. The van der Waals surface area contributed by atoms with E-state index in [2.05, 4.69) is 19.2 Å². The molecule has 0 fully saturated rings. The average Bonchev–Trinajstić information content (AvgIpc) is 2.36. The highest BCUT2D eigenvalue weighted by Crippen LogP contribution is 2.26. The Morgan fingerprint density at radius 1 is 1.39 bits per heavy atom. The van der Waals surface area contributed by atoms with E-state index in [-0.39, 0.29) is 11.2 Å². The lowest BCUT2D eigenvalue weighted by Gasteiger charge is -2.13. The Kier molecular flexibility index (Phi) is 6.05. The van der Waals surface area contributed by atoms with E-state index in [1.54, 1.807) is 18.9 Å². The Morgan fingerprint density at radius 3 is 2.72 bits per heavy atom. The van der Waals surface area contributed by atoms with Crippen molar-refractivity contribution in [3.05, 3.63) is 24.3 Å². The molecule has 1 amide bonds. The van der Waals surface area contributed by atoms with E-state index >= 15 is 0 Å². The molecule has 0 bridgehead atoms. The summed E-state index contributed by atoms with van der Waals surface area (Å²) in [4.78, 5) is 12.9. The van der Waals surface area contributed by atoms with E-state index in [0.29, 0.717) is 5.92 Å². The fraction of sp³-hybridized carbons (Fsp3) is 0.500. The zero-order chi connectivity index (χ0) is 13.5. The number of carbonyl (C=O) groups is 1. The molecule has 0 spiro atoms. The predicted octanol–water partition coefficient (Wildman–Crippen LogP) is 2.95. The van der Waals surface area contributed by atoms with Gasteiger partial charge in [0, 0.05) is 11.4 Å². The SMILES string of the molecule is COc1cccc(SC(C)C(=O)NCC(C)C)c1. The second-order valence-electron chi connectivity index (χ2n) is 4.58. The van der Waals surface area contributed by atoms with Gasteiger partial charge in [-0.1, -0.05) is 19.9 Å². The van der Waals surface area contributed by atoms with Gasteiger partial charge in [0.15, 0.2) is 0 Å². The molecule has 0 saturated heterocycles. The molecule has 1 unspecified atom stereocenters. The van der Waals surface area contributed by atoms with E-state index in [4.69, 9.17) is 4.74 Å². The van der Waals surface area contributed by atoms with Crippen molar-refractivity contribution in [3.8, 4) is 5.75 Å². The van der Waals surface area contributed by atoms with Crippen LogP contribution < -0.4 is 10.1 Å².